The van der Waals surface area contributed by atoms with Crippen LogP contribution < -0.4 is 0 Å². The lowest BCUT2D eigenvalue weighted by Crippen LogP contribution is -2.55. The Kier molecular flexibility index (Phi) is 12.6. The number of hydrogen-bond donors (Lipinski definition) is 0. The van der Waals surface area contributed by atoms with Crippen molar-refractivity contribution in [3.8, 4) is 0 Å². The average molecular weight is 321 g/mol. The van der Waals surface area contributed by atoms with Crippen molar-refractivity contribution in [3.63, 3.8) is 0 Å². The smallest absolute Gasteiger partial charge is 0.160 e. The molecule has 0 aliphatic heterocycles. The first-order chi connectivity index (χ1) is 9.14. The highest BCUT2D eigenvalue weighted by Crippen LogP contribution is 1.96. The molecule has 116 valence electrons. The van der Waals surface area contributed by atoms with Crippen LogP contribution in [0.3, 0.4) is 0 Å². The van der Waals surface area contributed by atoms with E-state index in [1.54, 1.807) is 0 Å². The maximum atomic E-state index is 2.98. The third kappa shape index (κ3) is 8.38. The van der Waals surface area contributed by atoms with E-state index in [1.807, 2.05) is 0 Å². The lowest BCUT2D eigenvalue weighted by molar-refractivity contribution is 0.436. The topological polar surface area (TPSA) is 13.0 Å². The van der Waals surface area contributed by atoms with Crippen LogP contribution in [-0.2, 0) is 0 Å². The molecule has 0 aliphatic rings. The summed E-state index contributed by atoms with van der Waals surface area (Å²) >= 11 is 0. The highest BCUT2D eigenvalue weighted by Gasteiger charge is 2.15. The van der Waals surface area contributed by atoms with Gasteiger partial charge in [-0.05, 0) is 39.3 Å². The summed E-state index contributed by atoms with van der Waals surface area (Å²) in [7, 11) is -0.531. The monoisotopic (exact) mass is 320 g/mol. The van der Waals surface area contributed by atoms with Gasteiger partial charge in [0.2, 0.25) is 0 Å². The highest BCUT2D eigenvalue weighted by molar-refractivity contribution is 6.62. The Morgan fingerprint density at radius 3 is 0.842 bits per heavy atom. The van der Waals surface area contributed by atoms with Gasteiger partial charge in [-0.1, -0.05) is 41.5 Å². The molecular weight excluding hydrogens is 284 g/mol. The molecule has 0 bridgehead atoms. The number of hydrogen-bond acceptors (Lipinski definition) is 4. The molecule has 0 aromatic carbocycles. The first kappa shape index (κ1) is 19.5. The molecule has 0 unspecified atom stereocenters. The van der Waals surface area contributed by atoms with Gasteiger partial charge in [0.25, 0.3) is 0 Å². The molecule has 0 radical (unpaired) electrons. The van der Waals surface area contributed by atoms with Gasteiger partial charge < -0.3 is 17.6 Å². The van der Waals surface area contributed by atoms with Crippen molar-refractivity contribution in [1.82, 2.24) is 17.6 Å². The molecular formula is C12H36N4Si3. The number of rotatable bonds is 12. The predicted octanol–water partition coefficient (Wildman–Crippen LogP) is -0.690. The molecule has 7 heteroatoms. The summed E-state index contributed by atoms with van der Waals surface area (Å²) in [5.41, 5.74) is 0. The van der Waals surface area contributed by atoms with Gasteiger partial charge in [0.1, 0.15) is 0 Å². The lowest BCUT2D eigenvalue weighted by atomic mass is 10.7. The van der Waals surface area contributed by atoms with Crippen LogP contribution in [0.5, 0.6) is 0 Å². The van der Waals surface area contributed by atoms with E-state index in [2.05, 4.69) is 59.1 Å². The molecule has 0 saturated heterocycles. The van der Waals surface area contributed by atoms with E-state index >= 15 is 0 Å². The summed E-state index contributed by atoms with van der Waals surface area (Å²) in [5.74, 6) is 0. The van der Waals surface area contributed by atoms with Crippen LogP contribution in [0.2, 0.25) is 0 Å². The van der Waals surface area contributed by atoms with Crippen molar-refractivity contribution in [2.24, 2.45) is 0 Å². The molecule has 0 fully saturated rings. The van der Waals surface area contributed by atoms with Crippen LogP contribution in [-0.4, -0.2) is 86.4 Å². The van der Waals surface area contributed by atoms with Crippen molar-refractivity contribution in [2.75, 3.05) is 39.3 Å². The normalized spacial score (nSPS) is 14.2. The fourth-order valence-corrected chi connectivity index (χ4v) is 11.3. The molecule has 0 amide bonds. The largest absolute Gasteiger partial charge is 0.346 e. The summed E-state index contributed by atoms with van der Waals surface area (Å²) in [6.45, 7) is 21.3. The first-order valence-electron chi connectivity index (χ1n) is 8.04. The lowest BCUT2D eigenvalue weighted by Gasteiger charge is -2.35. The van der Waals surface area contributed by atoms with Gasteiger partial charge in [0.15, 0.2) is 29.5 Å². The van der Waals surface area contributed by atoms with Crippen LogP contribution >= 0.6 is 0 Å². The van der Waals surface area contributed by atoms with Crippen molar-refractivity contribution >= 4 is 29.5 Å². The zero-order valence-corrected chi connectivity index (χ0v) is 18.4. The van der Waals surface area contributed by atoms with Gasteiger partial charge in [0, 0.05) is 0 Å². The van der Waals surface area contributed by atoms with Crippen molar-refractivity contribution in [1.29, 1.82) is 0 Å². The molecule has 0 aromatic heterocycles. The summed E-state index contributed by atoms with van der Waals surface area (Å²) in [4.78, 5) is 0. The van der Waals surface area contributed by atoms with Gasteiger partial charge in [0.05, 0.1) is 0 Å². The second-order valence-corrected chi connectivity index (χ2v) is 13.9. The molecule has 19 heavy (non-hydrogen) atoms. The van der Waals surface area contributed by atoms with Crippen molar-refractivity contribution in [2.45, 2.75) is 41.5 Å². The van der Waals surface area contributed by atoms with Crippen LogP contribution in [0.4, 0.5) is 0 Å². The standard InChI is InChI=1S/C12H36N4Si3/c1-7-13(8-2)17-16(18-14(9-3)10-4)19-15(11-5)12-6/h7-12,17-19H2,1-6H3. The van der Waals surface area contributed by atoms with E-state index in [-0.39, 0.29) is 29.5 Å². The van der Waals surface area contributed by atoms with Gasteiger partial charge in [-0.15, -0.1) is 0 Å². The minimum absolute atomic E-state index is 0.177. The fraction of sp³-hybridized carbons (Fsp3) is 1.00. The van der Waals surface area contributed by atoms with E-state index in [4.69, 9.17) is 0 Å². The quantitative estimate of drug-likeness (QED) is 0.441. The van der Waals surface area contributed by atoms with E-state index in [0.717, 1.165) is 0 Å². The number of nitrogens with zero attached hydrogens (tertiary/aromatic N) is 4. The van der Waals surface area contributed by atoms with Crippen molar-refractivity contribution in [3.05, 3.63) is 0 Å². The zero-order chi connectivity index (χ0) is 14.7. The van der Waals surface area contributed by atoms with Gasteiger partial charge in [-0.25, -0.2) is 0 Å². The Balaban J connectivity index is 4.51. The SMILES string of the molecule is CCN(CC)[SiH2]N([SiH2]N(CC)CC)[SiH2]N(CC)CC. The molecule has 4 nitrogen and oxygen atoms in total. The van der Waals surface area contributed by atoms with Crippen molar-refractivity contribution < 1.29 is 0 Å². The van der Waals surface area contributed by atoms with Crippen LogP contribution in [0, 0.1) is 0 Å². The average Bonchev–Trinajstić information content (AvgIpc) is 2.46. The molecule has 0 aliphatic carbocycles. The summed E-state index contributed by atoms with van der Waals surface area (Å²) in [5, 5.41) is 0. The van der Waals surface area contributed by atoms with Crippen LogP contribution in [0.25, 0.3) is 0 Å². The van der Waals surface area contributed by atoms with E-state index < -0.39 is 0 Å². The minimum atomic E-state index is -0.177. The summed E-state index contributed by atoms with van der Waals surface area (Å²) in [6, 6.07) is 0. The van der Waals surface area contributed by atoms with Gasteiger partial charge in [-0.3, -0.25) is 0 Å². The van der Waals surface area contributed by atoms with E-state index in [1.165, 1.54) is 39.3 Å². The van der Waals surface area contributed by atoms with Gasteiger partial charge in [-0.2, -0.15) is 0 Å². The Labute approximate surface area is 128 Å². The second kappa shape index (κ2) is 12.2. The van der Waals surface area contributed by atoms with Crippen LogP contribution in [0.1, 0.15) is 41.5 Å². The minimum Gasteiger partial charge on any atom is -0.346 e. The molecule has 0 heterocycles. The highest BCUT2D eigenvalue weighted by atomic mass is 28.4. The van der Waals surface area contributed by atoms with Gasteiger partial charge >= 0.3 is 0 Å². The molecule has 0 rings (SSSR count). The zero-order valence-electron chi connectivity index (χ0n) is 14.2. The maximum Gasteiger partial charge on any atom is 0.160 e. The predicted molar refractivity (Wildman–Crippen MR) is 96.2 cm³/mol. The Morgan fingerprint density at radius 1 is 0.474 bits per heavy atom. The van der Waals surface area contributed by atoms with E-state index in [9.17, 15) is 0 Å². The molecule has 0 aromatic rings. The van der Waals surface area contributed by atoms with E-state index in [0.29, 0.717) is 0 Å². The van der Waals surface area contributed by atoms with Crippen LogP contribution in [0.15, 0.2) is 0 Å². The molecule has 0 spiro atoms. The third-order valence-electron chi connectivity index (χ3n) is 3.88. The molecule has 0 atom stereocenters. The second-order valence-electron chi connectivity index (χ2n) is 5.00. The summed E-state index contributed by atoms with van der Waals surface area (Å²) < 4.78 is 11.1. The Bertz CT molecular complexity index is 164. The fourth-order valence-electron chi connectivity index (χ4n) is 2.25. The molecule has 0 saturated carbocycles. The molecule has 0 N–H and O–H groups in total. The third-order valence-corrected chi connectivity index (χ3v) is 12.6. The Morgan fingerprint density at radius 2 is 0.684 bits per heavy atom. The Hall–Kier alpha value is 0.491. The summed E-state index contributed by atoms with van der Waals surface area (Å²) in [6.07, 6.45) is 0. The first-order valence-corrected chi connectivity index (χ1v) is 11.8. The maximum absolute atomic E-state index is 2.98.